The number of hydrogen-bond donors (Lipinski definition) is 1. The first kappa shape index (κ1) is 14.1. The van der Waals surface area contributed by atoms with Crippen molar-refractivity contribution in [3.05, 3.63) is 54.6 Å². The van der Waals surface area contributed by atoms with Crippen molar-refractivity contribution in [1.82, 2.24) is 0 Å². The molecular weight excluding hydrogens is 388 g/mol. The maximum atomic E-state index is 13.7. The molecule has 18 heavy (non-hydrogen) atoms. The Morgan fingerprint density at radius 3 is 2.28 bits per heavy atom. The summed E-state index contributed by atoms with van der Waals surface area (Å²) in [4.78, 5) is 0.982. The van der Waals surface area contributed by atoms with E-state index in [4.69, 9.17) is 5.73 Å². The van der Waals surface area contributed by atoms with Crippen LogP contribution in [0.4, 0.5) is 8.78 Å². The molecule has 2 aromatic rings. The first-order chi connectivity index (χ1) is 8.47. The van der Waals surface area contributed by atoms with Crippen molar-refractivity contribution in [2.24, 2.45) is 5.73 Å². The van der Waals surface area contributed by atoms with Gasteiger partial charge in [0.05, 0.1) is 3.79 Å². The molecule has 2 N–H and O–H groups in total. The van der Waals surface area contributed by atoms with Crippen LogP contribution < -0.4 is 5.73 Å². The smallest absolute Gasteiger partial charge is 0.132 e. The van der Waals surface area contributed by atoms with Gasteiger partial charge in [-0.25, -0.2) is 8.78 Å². The molecule has 0 saturated heterocycles. The molecular formula is C12H9Br2F2NS. The quantitative estimate of drug-likeness (QED) is 0.792. The highest BCUT2D eigenvalue weighted by Gasteiger charge is 2.18. The molecule has 0 aliphatic carbocycles. The number of benzene rings is 1. The minimum absolute atomic E-state index is 0.0669. The van der Waals surface area contributed by atoms with Crippen LogP contribution in [-0.2, 0) is 6.42 Å². The highest BCUT2D eigenvalue weighted by atomic mass is 79.9. The average molecular weight is 397 g/mol. The van der Waals surface area contributed by atoms with E-state index in [0.717, 1.165) is 8.66 Å². The van der Waals surface area contributed by atoms with Gasteiger partial charge in [-0.15, -0.1) is 11.3 Å². The Morgan fingerprint density at radius 1 is 1.17 bits per heavy atom. The molecule has 0 aliphatic rings. The number of halogens is 4. The molecule has 96 valence electrons. The lowest BCUT2D eigenvalue weighted by Crippen LogP contribution is -2.16. The Bertz CT molecular complexity index is 548. The number of thiophene rings is 1. The van der Waals surface area contributed by atoms with Crippen LogP contribution in [0.2, 0.25) is 0 Å². The van der Waals surface area contributed by atoms with Gasteiger partial charge in [-0.05, 0) is 40.2 Å². The predicted octanol–water partition coefficient (Wildman–Crippen LogP) is 4.79. The summed E-state index contributed by atoms with van der Waals surface area (Å²) in [6.45, 7) is 0. The molecule has 6 heteroatoms. The van der Waals surface area contributed by atoms with E-state index in [1.165, 1.54) is 23.5 Å². The Morgan fingerprint density at radius 2 is 1.78 bits per heavy atom. The van der Waals surface area contributed by atoms with Crippen LogP contribution in [0.1, 0.15) is 16.5 Å². The number of nitrogens with two attached hydrogens (primary N) is 1. The minimum Gasteiger partial charge on any atom is -0.323 e. The summed E-state index contributed by atoms with van der Waals surface area (Å²) in [6, 6.07) is 5.54. The second-order valence-corrected chi connectivity index (χ2v) is 7.26. The van der Waals surface area contributed by atoms with Gasteiger partial charge in [0, 0.05) is 27.4 Å². The summed E-state index contributed by atoms with van der Waals surface area (Å²) in [5, 5.41) is 0. The van der Waals surface area contributed by atoms with E-state index in [1.807, 2.05) is 12.1 Å². The molecule has 0 amide bonds. The van der Waals surface area contributed by atoms with Gasteiger partial charge in [0.15, 0.2) is 0 Å². The molecule has 1 aromatic heterocycles. The Balaban J connectivity index is 2.26. The van der Waals surface area contributed by atoms with Crippen LogP contribution in [-0.4, -0.2) is 0 Å². The van der Waals surface area contributed by atoms with Gasteiger partial charge in [0.1, 0.15) is 11.6 Å². The third-order valence-corrected chi connectivity index (χ3v) is 4.57. The lowest BCUT2D eigenvalue weighted by atomic mass is 10.0. The normalized spacial score (nSPS) is 12.7. The highest BCUT2D eigenvalue weighted by Crippen LogP contribution is 2.29. The highest BCUT2D eigenvalue weighted by molar-refractivity contribution is 9.11. The summed E-state index contributed by atoms with van der Waals surface area (Å²) < 4.78 is 28.8. The molecule has 0 saturated carbocycles. The van der Waals surface area contributed by atoms with E-state index in [1.54, 1.807) is 0 Å². The fourth-order valence-corrected chi connectivity index (χ4v) is 3.63. The van der Waals surface area contributed by atoms with Gasteiger partial charge < -0.3 is 5.73 Å². The van der Waals surface area contributed by atoms with E-state index in [2.05, 4.69) is 31.9 Å². The third-order valence-electron chi connectivity index (χ3n) is 2.46. The zero-order chi connectivity index (χ0) is 13.3. The summed E-state index contributed by atoms with van der Waals surface area (Å²) >= 11 is 7.89. The Kier molecular flexibility index (Phi) is 4.53. The molecule has 0 fully saturated rings. The molecule has 1 aromatic carbocycles. The standard InChI is InChI=1S/C12H9Br2F2NS/c13-6-3-8(15)12(9(16)4-6)10(17)5-7-1-2-11(14)18-7/h1-4,10H,5,17H2. The van der Waals surface area contributed by atoms with Crippen LogP contribution in [0.5, 0.6) is 0 Å². The zero-order valence-corrected chi connectivity index (χ0v) is 13.1. The number of hydrogen-bond acceptors (Lipinski definition) is 2. The Hall–Kier alpha value is -0.300. The first-order valence-electron chi connectivity index (χ1n) is 5.11. The molecule has 1 atom stereocenters. The predicted molar refractivity (Wildman–Crippen MR) is 76.7 cm³/mol. The van der Waals surface area contributed by atoms with Crippen molar-refractivity contribution in [3.8, 4) is 0 Å². The van der Waals surface area contributed by atoms with Crippen LogP contribution in [0.25, 0.3) is 0 Å². The van der Waals surface area contributed by atoms with Crippen LogP contribution in [0, 0.1) is 11.6 Å². The van der Waals surface area contributed by atoms with Gasteiger partial charge in [0.2, 0.25) is 0 Å². The van der Waals surface area contributed by atoms with Crippen molar-refractivity contribution in [3.63, 3.8) is 0 Å². The molecule has 2 rings (SSSR count). The van der Waals surface area contributed by atoms with E-state index in [9.17, 15) is 8.78 Å². The van der Waals surface area contributed by atoms with E-state index in [0.29, 0.717) is 10.9 Å². The van der Waals surface area contributed by atoms with Crippen molar-refractivity contribution in [2.45, 2.75) is 12.5 Å². The van der Waals surface area contributed by atoms with Gasteiger partial charge in [0.25, 0.3) is 0 Å². The second kappa shape index (κ2) is 5.77. The van der Waals surface area contributed by atoms with Gasteiger partial charge in [-0.3, -0.25) is 0 Å². The molecule has 1 unspecified atom stereocenters. The van der Waals surface area contributed by atoms with Crippen molar-refractivity contribution in [1.29, 1.82) is 0 Å². The summed E-state index contributed by atoms with van der Waals surface area (Å²) in [5.74, 6) is -1.24. The topological polar surface area (TPSA) is 26.0 Å². The largest absolute Gasteiger partial charge is 0.323 e. The Labute approximate surface area is 124 Å². The maximum absolute atomic E-state index is 13.7. The molecule has 1 nitrogen and oxygen atoms in total. The second-order valence-electron chi connectivity index (χ2n) is 3.80. The van der Waals surface area contributed by atoms with Gasteiger partial charge >= 0.3 is 0 Å². The summed E-state index contributed by atoms with van der Waals surface area (Å²) in [7, 11) is 0. The van der Waals surface area contributed by atoms with E-state index < -0.39 is 17.7 Å². The van der Waals surface area contributed by atoms with Crippen LogP contribution >= 0.6 is 43.2 Å². The fourth-order valence-electron chi connectivity index (χ4n) is 1.69. The van der Waals surface area contributed by atoms with Crippen LogP contribution in [0.3, 0.4) is 0 Å². The summed E-state index contributed by atoms with van der Waals surface area (Å²) in [5.41, 5.74) is 5.82. The maximum Gasteiger partial charge on any atom is 0.132 e. The monoisotopic (exact) mass is 395 g/mol. The molecule has 0 aliphatic heterocycles. The molecule has 0 radical (unpaired) electrons. The lowest BCUT2D eigenvalue weighted by molar-refractivity contribution is 0.524. The lowest BCUT2D eigenvalue weighted by Gasteiger charge is -2.13. The molecule has 1 heterocycles. The zero-order valence-electron chi connectivity index (χ0n) is 9.09. The van der Waals surface area contributed by atoms with Gasteiger partial charge in [-0.2, -0.15) is 0 Å². The average Bonchev–Trinajstić information content (AvgIpc) is 2.62. The number of rotatable bonds is 3. The van der Waals surface area contributed by atoms with E-state index >= 15 is 0 Å². The third kappa shape index (κ3) is 3.17. The summed E-state index contributed by atoms with van der Waals surface area (Å²) in [6.07, 6.45) is 0.408. The van der Waals surface area contributed by atoms with E-state index in [-0.39, 0.29) is 5.56 Å². The molecule has 0 spiro atoms. The minimum atomic E-state index is -0.691. The van der Waals surface area contributed by atoms with Crippen molar-refractivity contribution < 1.29 is 8.78 Å². The van der Waals surface area contributed by atoms with Gasteiger partial charge in [-0.1, -0.05) is 15.9 Å². The molecule has 0 bridgehead atoms. The SMILES string of the molecule is NC(Cc1ccc(Br)s1)c1c(F)cc(Br)cc1F. The van der Waals surface area contributed by atoms with Crippen molar-refractivity contribution in [2.75, 3.05) is 0 Å². The first-order valence-corrected chi connectivity index (χ1v) is 7.52. The van der Waals surface area contributed by atoms with Crippen molar-refractivity contribution >= 4 is 43.2 Å². The fraction of sp³-hybridized carbons (Fsp3) is 0.167. The van der Waals surface area contributed by atoms with Crippen LogP contribution in [0.15, 0.2) is 32.5 Å².